The third kappa shape index (κ3) is 2.57. The Morgan fingerprint density at radius 1 is 1.35 bits per heavy atom. The lowest BCUT2D eigenvalue weighted by atomic mass is 9.89. The normalized spacial score (nSPS) is 26.9. The fourth-order valence-corrected chi connectivity index (χ4v) is 3.43. The highest BCUT2D eigenvalue weighted by atomic mass is 16.5. The minimum Gasteiger partial charge on any atom is -0.493 e. The summed E-state index contributed by atoms with van der Waals surface area (Å²) in [5.74, 6) is 1.70. The molecule has 2 aliphatic rings. The van der Waals surface area contributed by atoms with Crippen molar-refractivity contribution in [3.8, 4) is 5.75 Å². The van der Waals surface area contributed by atoms with Crippen molar-refractivity contribution >= 4 is 0 Å². The number of nitrogens with one attached hydrogen (secondary N) is 1. The highest BCUT2D eigenvalue weighted by molar-refractivity contribution is 5.45. The maximum atomic E-state index is 6.01. The van der Waals surface area contributed by atoms with Crippen molar-refractivity contribution < 1.29 is 9.47 Å². The van der Waals surface area contributed by atoms with Gasteiger partial charge < -0.3 is 14.8 Å². The second kappa shape index (κ2) is 6.15. The van der Waals surface area contributed by atoms with Crippen LogP contribution >= 0.6 is 0 Å². The van der Waals surface area contributed by atoms with Crippen LogP contribution in [0.5, 0.6) is 5.75 Å². The zero-order valence-corrected chi connectivity index (χ0v) is 12.5. The maximum Gasteiger partial charge on any atom is 0.127 e. The van der Waals surface area contributed by atoms with Gasteiger partial charge in [0, 0.05) is 12.2 Å². The third-order valence-corrected chi connectivity index (χ3v) is 4.50. The quantitative estimate of drug-likeness (QED) is 0.916. The second-order valence-corrected chi connectivity index (χ2v) is 5.92. The summed E-state index contributed by atoms with van der Waals surface area (Å²) in [6, 6.07) is 6.80. The molecule has 1 N–H and O–H groups in total. The van der Waals surface area contributed by atoms with E-state index in [9.17, 15) is 0 Å². The van der Waals surface area contributed by atoms with Crippen LogP contribution in [0.4, 0.5) is 0 Å². The van der Waals surface area contributed by atoms with E-state index in [4.69, 9.17) is 9.47 Å². The van der Waals surface area contributed by atoms with E-state index < -0.39 is 0 Å². The molecular weight excluding hydrogens is 250 g/mol. The summed E-state index contributed by atoms with van der Waals surface area (Å²) in [6.07, 6.45) is 3.66. The number of aryl methyl sites for hydroxylation is 1. The molecule has 1 aromatic carbocycles. The number of hydrogen-bond donors (Lipinski definition) is 1. The molecule has 110 valence electrons. The molecule has 0 radical (unpaired) electrons. The fraction of sp³-hybridized carbons (Fsp3) is 0.647. The first-order valence-corrected chi connectivity index (χ1v) is 7.91. The van der Waals surface area contributed by atoms with Gasteiger partial charge in [-0.15, -0.1) is 0 Å². The molecule has 0 spiro atoms. The van der Waals surface area contributed by atoms with Crippen molar-refractivity contribution in [2.75, 3.05) is 19.8 Å². The predicted octanol–water partition coefficient (Wildman–Crippen LogP) is 3.09. The van der Waals surface area contributed by atoms with Crippen LogP contribution in [0.3, 0.4) is 0 Å². The van der Waals surface area contributed by atoms with Crippen LogP contribution in [-0.4, -0.2) is 25.9 Å². The van der Waals surface area contributed by atoms with Gasteiger partial charge in [-0.05, 0) is 37.3 Å². The molecule has 1 fully saturated rings. The summed E-state index contributed by atoms with van der Waals surface area (Å²) in [7, 11) is 0. The van der Waals surface area contributed by atoms with Gasteiger partial charge in [-0.1, -0.05) is 32.0 Å². The number of para-hydroxylation sites is 1. The second-order valence-electron chi connectivity index (χ2n) is 5.92. The molecule has 3 nitrogen and oxygen atoms in total. The van der Waals surface area contributed by atoms with Gasteiger partial charge in [-0.25, -0.2) is 0 Å². The van der Waals surface area contributed by atoms with E-state index in [1.165, 1.54) is 11.1 Å². The van der Waals surface area contributed by atoms with Crippen molar-refractivity contribution in [3.63, 3.8) is 0 Å². The number of rotatable bonds is 4. The maximum absolute atomic E-state index is 6.01. The van der Waals surface area contributed by atoms with Gasteiger partial charge in [0.2, 0.25) is 0 Å². The molecule has 0 amide bonds. The Labute approximate surface area is 121 Å². The largest absolute Gasteiger partial charge is 0.493 e. The number of benzene rings is 1. The highest BCUT2D eigenvalue weighted by Crippen LogP contribution is 2.38. The lowest BCUT2D eigenvalue weighted by Gasteiger charge is -2.30. The van der Waals surface area contributed by atoms with Crippen LogP contribution in [0, 0.1) is 5.92 Å². The zero-order valence-electron chi connectivity index (χ0n) is 12.5. The Balaban J connectivity index is 1.94. The van der Waals surface area contributed by atoms with Crippen LogP contribution < -0.4 is 10.1 Å². The van der Waals surface area contributed by atoms with Crippen LogP contribution in [0.2, 0.25) is 0 Å². The molecule has 20 heavy (non-hydrogen) atoms. The first kappa shape index (κ1) is 13.9. The molecule has 3 atom stereocenters. The SMILES string of the molecule is CCNC(c1cccc2c1OCCC2)C1OCCC1C. The van der Waals surface area contributed by atoms with Crippen molar-refractivity contribution in [1.82, 2.24) is 5.32 Å². The van der Waals surface area contributed by atoms with E-state index in [-0.39, 0.29) is 12.1 Å². The van der Waals surface area contributed by atoms with E-state index in [1.807, 2.05) is 0 Å². The van der Waals surface area contributed by atoms with Gasteiger partial charge in [-0.2, -0.15) is 0 Å². The van der Waals surface area contributed by atoms with E-state index in [2.05, 4.69) is 37.4 Å². The Kier molecular flexibility index (Phi) is 4.27. The molecule has 1 aromatic rings. The summed E-state index contributed by atoms with van der Waals surface area (Å²) in [6.45, 7) is 7.11. The molecule has 0 bridgehead atoms. The van der Waals surface area contributed by atoms with Crippen molar-refractivity contribution in [1.29, 1.82) is 0 Å². The summed E-state index contributed by atoms with van der Waals surface area (Å²) in [4.78, 5) is 0. The molecule has 0 aliphatic carbocycles. The van der Waals surface area contributed by atoms with Crippen LogP contribution in [0.1, 0.15) is 43.9 Å². The predicted molar refractivity (Wildman–Crippen MR) is 80.2 cm³/mol. The molecule has 0 aromatic heterocycles. The first-order chi connectivity index (χ1) is 9.81. The van der Waals surface area contributed by atoms with E-state index in [0.717, 1.165) is 44.8 Å². The molecule has 1 saturated heterocycles. The minimum absolute atomic E-state index is 0.241. The average molecular weight is 275 g/mol. The average Bonchev–Trinajstić information content (AvgIpc) is 2.90. The van der Waals surface area contributed by atoms with Crippen molar-refractivity contribution in [2.24, 2.45) is 5.92 Å². The van der Waals surface area contributed by atoms with Gasteiger partial charge in [0.25, 0.3) is 0 Å². The summed E-state index contributed by atoms with van der Waals surface area (Å²) < 4.78 is 12.0. The Morgan fingerprint density at radius 3 is 3.00 bits per heavy atom. The first-order valence-electron chi connectivity index (χ1n) is 7.91. The Morgan fingerprint density at radius 2 is 2.25 bits per heavy atom. The molecule has 0 saturated carbocycles. The molecule has 3 heteroatoms. The van der Waals surface area contributed by atoms with Crippen LogP contribution in [-0.2, 0) is 11.2 Å². The minimum atomic E-state index is 0.241. The van der Waals surface area contributed by atoms with Gasteiger partial charge in [0.15, 0.2) is 0 Å². The van der Waals surface area contributed by atoms with Crippen molar-refractivity contribution in [2.45, 2.75) is 45.3 Å². The molecular formula is C17H25NO2. The van der Waals surface area contributed by atoms with E-state index in [1.54, 1.807) is 0 Å². The Hall–Kier alpha value is -1.06. The van der Waals surface area contributed by atoms with E-state index >= 15 is 0 Å². The fourth-order valence-electron chi connectivity index (χ4n) is 3.43. The molecule has 3 rings (SSSR count). The molecule has 2 heterocycles. The molecule has 2 aliphatic heterocycles. The monoisotopic (exact) mass is 275 g/mol. The van der Waals surface area contributed by atoms with Gasteiger partial charge >= 0.3 is 0 Å². The number of hydrogen-bond acceptors (Lipinski definition) is 3. The summed E-state index contributed by atoms with van der Waals surface area (Å²) in [5, 5.41) is 3.62. The lowest BCUT2D eigenvalue weighted by Crippen LogP contribution is -2.35. The smallest absolute Gasteiger partial charge is 0.127 e. The van der Waals surface area contributed by atoms with Crippen molar-refractivity contribution in [3.05, 3.63) is 29.3 Å². The van der Waals surface area contributed by atoms with Gasteiger partial charge in [0.05, 0.1) is 18.8 Å². The number of likely N-dealkylation sites (N-methyl/N-ethyl adjacent to an activating group) is 1. The topological polar surface area (TPSA) is 30.5 Å². The number of ether oxygens (including phenoxy) is 2. The number of fused-ring (bicyclic) bond motifs is 1. The van der Waals surface area contributed by atoms with Crippen LogP contribution in [0.15, 0.2) is 18.2 Å². The van der Waals surface area contributed by atoms with Crippen LogP contribution in [0.25, 0.3) is 0 Å². The highest BCUT2D eigenvalue weighted by Gasteiger charge is 2.34. The molecule has 3 unspecified atom stereocenters. The Bertz CT molecular complexity index is 460. The zero-order chi connectivity index (χ0) is 13.9. The summed E-state index contributed by atoms with van der Waals surface area (Å²) in [5.41, 5.74) is 2.63. The van der Waals surface area contributed by atoms with Gasteiger partial charge in [0.1, 0.15) is 5.75 Å². The standard InChI is InChI=1S/C17H25NO2/c1-3-18-15(16-12(2)9-11-20-16)14-8-4-6-13-7-5-10-19-17(13)14/h4,6,8,12,15-16,18H,3,5,7,9-11H2,1-2H3. The van der Waals surface area contributed by atoms with E-state index in [0.29, 0.717) is 5.92 Å². The van der Waals surface area contributed by atoms with Gasteiger partial charge in [-0.3, -0.25) is 0 Å². The third-order valence-electron chi connectivity index (χ3n) is 4.50. The summed E-state index contributed by atoms with van der Waals surface area (Å²) >= 11 is 0. The lowest BCUT2D eigenvalue weighted by molar-refractivity contribution is 0.0600.